The second kappa shape index (κ2) is 8.46. The lowest BCUT2D eigenvalue weighted by molar-refractivity contribution is -0.139. The van der Waals surface area contributed by atoms with E-state index in [0.717, 1.165) is 64.0 Å². The first-order chi connectivity index (χ1) is 13.5. The first-order valence-electron chi connectivity index (χ1n) is 10.7. The summed E-state index contributed by atoms with van der Waals surface area (Å²) < 4.78 is 33.7. The number of hydrogen-bond donors (Lipinski definition) is 1. The van der Waals surface area contributed by atoms with Gasteiger partial charge >= 0.3 is 0 Å². The fourth-order valence-electron chi connectivity index (χ4n) is 4.74. The van der Waals surface area contributed by atoms with Gasteiger partial charge in [-0.05, 0) is 81.0 Å². The highest BCUT2D eigenvalue weighted by Gasteiger charge is 2.40. The van der Waals surface area contributed by atoms with E-state index in [4.69, 9.17) is 10.5 Å². The van der Waals surface area contributed by atoms with Gasteiger partial charge in [-0.25, -0.2) is 8.78 Å². The van der Waals surface area contributed by atoms with Crippen molar-refractivity contribution in [3.05, 3.63) is 35.4 Å². The van der Waals surface area contributed by atoms with E-state index >= 15 is 0 Å². The smallest absolute Gasteiger partial charge is 0.226 e. The SMILES string of the molecule is N[C@H]1CCCN(C(=O)C2CC2)[C@H]1CO[C@H]1CC[C@@H](c2cc(F)ccc2F)CC1. The van der Waals surface area contributed by atoms with Crippen LogP contribution in [0.5, 0.6) is 0 Å². The van der Waals surface area contributed by atoms with Crippen LogP contribution < -0.4 is 5.73 Å². The van der Waals surface area contributed by atoms with E-state index in [1.807, 2.05) is 4.90 Å². The minimum Gasteiger partial charge on any atom is -0.376 e. The average Bonchev–Trinajstić information content (AvgIpc) is 3.54. The van der Waals surface area contributed by atoms with Crippen molar-refractivity contribution in [3.8, 4) is 0 Å². The molecule has 4 nitrogen and oxygen atoms in total. The van der Waals surface area contributed by atoms with Crippen molar-refractivity contribution < 1.29 is 18.3 Å². The maximum atomic E-state index is 14.0. The van der Waals surface area contributed by atoms with Crippen LogP contribution in [-0.2, 0) is 9.53 Å². The third kappa shape index (κ3) is 4.38. The zero-order chi connectivity index (χ0) is 19.7. The lowest BCUT2D eigenvalue weighted by atomic mass is 9.82. The number of nitrogens with two attached hydrogens (primary N) is 1. The molecule has 1 aliphatic heterocycles. The summed E-state index contributed by atoms with van der Waals surface area (Å²) >= 11 is 0. The number of piperidine rings is 1. The number of ether oxygens (including phenoxy) is 1. The van der Waals surface area contributed by atoms with Crippen LogP contribution in [0, 0.1) is 17.6 Å². The molecule has 0 radical (unpaired) electrons. The van der Waals surface area contributed by atoms with E-state index in [1.165, 1.54) is 12.1 Å². The maximum Gasteiger partial charge on any atom is 0.226 e. The van der Waals surface area contributed by atoms with E-state index in [2.05, 4.69) is 0 Å². The van der Waals surface area contributed by atoms with Crippen molar-refractivity contribution >= 4 is 5.91 Å². The van der Waals surface area contributed by atoms with E-state index in [-0.39, 0.29) is 47.6 Å². The van der Waals surface area contributed by atoms with Gasteiger partial charge in [-0.15, -0.1) is 0 Å². The van der Waals surface area contributed by atoms with Crippen LogP contribution in [-0.4, -0.2) is 42.1 Å². The van der Waals surface area contributed by atoms with Gasteiger partial charge in [0.25, 0.3) is 0 Å². The molecule has 3 fully saturated rings. The number of benzene rings is 1. The van der Waals surface area contributed by atoms with Crippen molar-refractivity contribution in [2.24, 2.45) is 11.7 Å². The van der Waals surface area contributed by atoms with Gasteiger partial charge in [0.2, 0.25) is 5.91 Å². The normalized spacial score (nSPS) is 31.0. The van der Waals surface area contributed by atoms with Gasteiger partial charge < -0.3 is 15.4 Å². The standard InChI is InChI=1S/C22H30F2N2O2/c23-16-7-10-19(24)18(12-16)14-5-8-17(9-6-14)28-13-21-20(25)2-1-11-26(21)22(27)15-3-4-15/h7,10,12,14-15,17,20-21H,1-6,8-9,11,13,25H2/t14-,17+,20-,21-/m0/s1. The maximum absolute atomic E-state index is 14.0. The number of nitrogens with zero attached hydrogens (tertiary/aromatic N) is 1. The molecule has 4 rings (SSSR count). The quantitative estimate of drug-likeness (QED) is 0.831. The Hall–Kier alpha value is -1.53. The van der Waals surface area contributed by atoms with Gasteiger partial charge in [0, 0.05) is 18.5 Å². The summed E-state index contributed by atoms with van der Waals surface area (Å²) in [4.78, 5) is 14.5. The molecule has 28 heavy (non-hydrogen) atoms. The topological polar surface area (TPSA) is 55.6 Å². The fourth-order valence-corrected chi connectivity index (χ4v) is 4.74. The summed E-state index contributed by atoms with van der Waals surface area (Å²) in [6.07, 6.45) is 7.18. The van der Waals surface area contributed by atoms with Crippen LogP contribution in [0.1, 0.15) is 62.8 Å². The molecule has 0 aromatic heterocycles. The third-order valence-electron chi connectivity index (χ3n) is 6.62. The van der Waals surface area contributed by atoms with Crippen molar-refractivity contribution in [2.45, 2.75) is 75.5 Å². The summed E-state index contributed by atoms with van der Waals surface area (Å²) in [5.74, 6) is -0.228. The van der Waals surface area contributed by atoms with E-state index in [0.29, 0.717) is 12.2 Å². The Labute approximate surface area is 165 Å². The molecule has 0 spiro atoms. The van der Waals surface area contributed by atoms with E-state index < -0.39 is 0 Å². The van der Waals surface area contributed by atoms with Gasteiger partial charge in [-0.2, -0.15) is 0 Å². The molecule has 1 saturated heterocycles. The molecule has 0 unspecified atom stereocenters. The Morgan fingerprint density at radius 1 is 1.11 bits per heavy atom. The summed E-state index contributed by atoms with van der Waals surface area (Å²) in [5.41, 5.74) is 6.80. The van der Waals surface area contributed by atoms with Gasteiger partial charge in [0.15, 0.2) is 0 Å². The monoisotopic (exact) mass is 392 g/mol. The molecule has 2 aliphatic carbocycles. The van der Waals surface area contributed by atoms with Gasteiger partial charge in [0.1, 0.15) is 11.6 Å². The molecule has 0 bridgehead atoms. The molecule has 3 aliphatic rings. The number of carbonyl (C=O) groups excluding carboxylic acids is 1. The highest BCUT2D eigenvalue weighted by molar-refractivity contribution is 5.81. The summed E-state index contributed by atoms with van der Waals surface area (Å²) in [5, 5.41) is 0. The Morgan fingerprint density at radius 2 is 1.86 bits per heavy atom. The summed E-state index contributed by atoms with van der Waals surface area (Å²) in [6, 6.07) is 3.62. The number of likely N-dealkylation sites (tertiary alicyclic amines) is 1. The van der Waals surface area contributed by atoms with Crippen LogP contribution in [0.15, 0.2) is 18.2 Å². The summed E-state index contributed by atoms with van der Waals surface area (Å²) in [7, 11) is 0. The van der Waals surface area contributed by atoms with E-state index in [9.17, 15) is 13.6 Å². The van der Waals surface area contributed by atoms with Crippen molar-refractivity contribution in [3.63, 3.8) is 0 Å². The van der Waals surface area contributed by atoms with Crippen molar-refractivity contribution in [2.75, 3.05) is 13.2 Å². The number of carbonyl (C=O) groups is 1. The van der Waals surface area contributed by atoms with Gasteiger partial charge in [0.05, 0.1) is 18.8 Å². The second-order valence-corrected chi connectivity index (χ2v) is 8.65. The largest absolute Gasteiger partial charge is 0.376 e. The van der Waals surface area contributed by atoms with Crippen LogP contribution in [0.4, 0.5) is 8.78 Å². The number of amides is 1. The summed E-state index contributed by atoms with van der Waals surface area (Å²) in [6.45, 7) is 1.26. The first kappa shape index (κ1) is 19.8. The lowest BCUT2D eigenvalue weighted by Gasteiger charge is -2.41. The third-order valence-corrected chi connectivity index (χ3v) is 6.62. The molecular formula is C22H30F2N2O2. The number of hydrogen-bond acceptors (Lipinski definition) is 3. The molecule has 154 valence electrons. The Balaban J connectivity index is 1.30. The minimum atomic E-state index is -0.388. The molecule has 6 heteroatoms. The number of halogens is 2. The molecule has 1 aromatic rings. The minimum absolute atomic E-state index is 0.0332. The first-order valence-corrected chi connectivity index (χ1v) is 10.7. The molecule has 2 atom stereocenters. The van der Waals surface area contributed by atoms with Crippen LogP contribution in [0.25, 0.3) is 0 Å². The van der Waals surface area contributed by atoms with Crippen molar-refractivity contribution in [1.29, 1.82) is 0 Å². The van der Waals surface area contributed by atoms with Crippen LogP contribution in [0.3, 0.4) is 0 Å². The molecule has 1 heterocycles. The highest BCUT2D eigenvalue weighted by Crippen LogP contribution is 2.36. The molecule has 2 N–H and O–H groups in total. The molecule has 1 aromatic carbocycles. The predicted octanol–water partition coefficient (Wildman–Crippen LogP) is 3.74. The van der Waals surface area contributed by atoms with Gasteiger partial charge in [-0.3, -0.25) is 4.79 Å². The van der Waals surface area contributed by atoms with Gasteiger partial charge in [-0.1, -0.05) is 0 Å². The van der Waals surface area contributed by atoms with Crippen molar-refractivity contribution in [1.82, 2.24) is 4.90 Å². The fraction of sp³-hybridized carbons (Fsp3) is 0.682. The highest BCUT2D eigenvalue weighted by atomic mass is 19.1. The Kier molecular flexibility index (Phi) is 5.97. The number of rotatable bonds is 5. The predicted molar refractivity (Wildman–Crippen MR) is 103 cm³/mol. The zero-order valence-electron chi connectivity index (χ0n) is 16.3. The second-order valence-electron chi connectivity index (χ2n) is 8.65. The lowest BCUT2D eigenvalue weighted by Crippen LogP contribution is -2.57. The Bertz CT molecular complexity index is 702. The molecule has 2 saturated carbocycles. The molecular weight excluding hydrogens is 362 g/mol. The molecule has 1 amide bonds. The van der Waals surface area contributed by atoms with Crippen LogP contribution in [0.2, 0.25) is 0 Å². The van der Waals surface area contributed by atoms with Crippen LogP contribution >= 0.6 is 0 Å². The average molecular weight is 392 g/mol. The zero-order valence-corrected chi connectivity index (χ0v) is 16.3. The Morgan fingerprint density at radius 3 is 2.57 bits per heavy atom. The van der Waals surface area contributed by atoms with E-state index in [1.54, 1.807) is 0 Å².